The first-order chi connectivity index (χ1) is 9.92. The second-order valence-electron chi connectivity index (χ2n) is 4.38. The molecule has 21 heavy (non-hydrogen) atoms. The topological polar surface area (TPSA) is 38.3 Å². The molecular weight excluding hydrogens is 405 g/mol. The highest BCUT2D eigenvalue weighted by Gasteiger charge is 2.14. The zero-order chi connectivity index (χ0) is 15.6. The molecule has 0 unspecified atom stereocenters. The molecule has 2 aromatic rings. The van der Waals surface area contributed by atoms with Crippen LogP contribution in [0, 0.1) is 12.7 Å². The van der Waals surface area contributed by atoms with Crippen molar-refractivity contribution in [1.29, 1.82) is 0 Å². The Morgan fingerprint density at radius 3 is 2.57 bits per heavy atom. The number of benzene rings is 2. The first kappa shape index (κ1) is 16.0. The summed E-state index contributed by atoms with van der Waals surface area (Å²) in [5.74, 6) is -0.347. The highest BCUT2D eigenvalue weighted by atomic mass is 79.9. The number of halogens is 3. The summed E-state index contributed by atoms with van der Waals surface area (Å²) in [7, 11) is 1.52. The number of methoxy groups -OCH3 is 1. The molecule has 110 valence electrons. The summed E-state index contributed by atoms with van der Waals surface area (Å²) in [6, 6.07) is 7.84. The van der Waals surface area contributed by atoms with Crippen LogP contribution in [0.25, 0.3) is 0 Å². The standard InChI is InChI=1S/C15H12Br2FNO2/c1-8-5-10(16)7-13(21-2)14(8)19-15(20)9-3-4-11(17)12(18)6-9/h3-7H,1-2H3,(H,19,20). The Kier molecular flexibility index (Phi) is 5.00. The molecule has 0 aliphatic carbocycles. The smallest absolute Gasteiger partial charge is 0.255 e. The van der Waals surface area contributed by atoms with Gasteiger partial charge in [0, 0.05) is 10.0 Å². The summed E-state index contributed by atoms with van der Waals surface area (Å²) in [6.07, 6.45) is 0. The maximum absolute atomic E-state index is 13.5. The number of carbonyl (C=O) groups is 1. The Bertz CT molecular complexity index is 704. The number of carbonyl (C=O) groups excluding carboxylic acids is 1. The van der Waals surface area contributed by atoms with Crippen molar-refractivity contribution in [3.8, 4) is 5.75 Å². The molecule has 1 N–H and O–H groups in total. The van der Waals surface area contributed by atoms with Gasteiger partial charge in [-0.1, -0.05) is 15.9 Å². The van der Waals surface area contributed by atoms with E-state index in [-0.39, 0.29) is 5.56 Å². The lowest BCUT2D eigenvalue weighted by atomic mass is 10.1. The van der Waals surface area contributed by atoms with E-state index in [0.29, 0.717) is 15.9 Å². The van der Waals surface area contributed by atoms with Crippen LogP contribution in [0.5, 0.6) is 5.75 Å². The van der Waals surface area contributed by atoms with Gasteiger partial charge in [-0.15, -0.1) is 0 Å². The third-order valence-corrected chi connectivity index (χ3v) is 4.01. The summed E-state index contributed by atoms with van der Waals surface area (Å²) in [5.41, 5.74) is 1.64. The van der Waals surface area contributed by atoms with Crippen molar-refractivity contribution in [2.24, 2.45) is 0 Å². The highest BCUT2D eigenvalue weighted by Crippen LogP contribution is 2.32. The van der Waals surface area contributed by atoms with Gasteiger partial charge >= 0.3 is 0 Å². The normalized spacial score (nSPS) is 10.3. The van der Waals surface area contributed by atoms with Crippen LogP contribution >= 0.6 is 31.9 Å². The van der Waals surface area contributed by atoms with Crippen molar-refractivity contribution < 1.29 is 13.9 Å². The van der Waals surface area contributed by atoms with E-state index in [2.05, 4.69) is 37.2 Å². The summed E-state index contributed by atoms with van der Waals surface area (Å²) in [4.78, 5) is 12.2. The average molecular weight is 417 g/mol. The monoisotopic (exact) mass is 415 g/mol. The Morgan fingerprint density at radius 1 is 1.24 bits per heavy atom. The van der Waals surface area contributed by atoms with Crippen molar-refractivity contribution in [1.82, 2.24) is 0 Å². The van der Waals surface area contributed by atoms with Crippen LogP contribution in [-0.2, 0) is 0 Å². The fraction of sp³-hybridized carbons (Fsp3) is 0.133. The van der Waals surface area contributed by atoms with E-state index in [0.717, 1.165) is 10.0 Å². The first-order valence-corrected chi connectivity index (χ1v) is 7.61. The number of aryl methyl sites for hydroxylation is 1. The molecule has 3 nitrogen and oxygen atoms in total. The molecule has 0 fully saturated rings. The number of amides is 1. The Hall–Kier alpha value is -1.40. The molecule has 6 heteroatoms. The molecule has 0 radical (unpaired) electrons. The number of hydrogen-bond donors (Lipinski definition) is 1. The molecule has 0 spiro atoms. The quantitative estimate of drug-likeness (QED) is 0.771. The summed E-state index contributed by atoms with van der Waals surface area (Å²) in [5, 5.41) is 2.75. The number of anilines is 1. The van der Waals surface area contributed by atoms with E-state index in [4.69, 9.17) is 4.74 Å². The van der Waals surface area contributed by atoms with Gasteiger partial charge in [-0.25, -0.2) is 4.39 Å². The molecular formula is C15H12Br2FNO2. The van der Waals surface area contributed by atoms with E-state index in [1.807, 2.05) is 13.0 Å². The van der Waals surface area contributed by atoms with E-state index >= 15 is 0 Å². The Balaban J connectivity index is 2.33. The SMILES string of the molecule is COc1cc(Br)cc(C)c1NC(=O)c1ccc(Br)c(F)c1. The van der Waals surface area contributed by atoms with E-state index < -0.39 is 11.7 Å². The summed E-state index contributed by atoms with van der Waals surface area (Å²) < 4.78 is 19.9. The summed E-state index contributed by atoms with van der Waals surface area (Å²) in [6.45, 7) is 1.85. The molecule has 2 aromatic carbocycles. The van der Waals surface area contributed by atoms with Crippen LogP contribution in [0.1, 0.15) is 15.9 Å². The van der Waals surface area contributed by atoms with Gasteiger partial charge in [0.05, 0.1) is 17.3 Å². The fourth-order valence-electron chi connectivity index (χ4n) is 1.86. The number of ether oxygens (including phenoxy) is 1. The molecule has 0 bridgehead atoms. The minimum Gasteiger partial charge on any atom is -0.495 e. The minimum atomic E-state index is -0.484. The minimum absolute atomic E-state index is 0.236. The van der Waals surface area contributed by atoms with Gasteiger partial charge in [-0.3, -0.25) is 4.79 Å². The van der Waals surface area contributed by atoms with Gasteiger partial charge in [0.2, 0.25) is 0 Å². The van der Waals surface area contributed by atoms with Crippen LogP contribution in [-0.4, -0.2) is 13.0 Å². The van der Waals surface area contributed by atoms with Crippen LogP contribution in [0.15, 0.2) is 39.3 Å². The largest absolute Gasteiger partial charge is 0.495 e. The zero-order valence-corrected chi connectivity index (χ0v) is 14.5. The Morgan fingerprint density at radius 2 is 1.95 bits per heavy atom. The number of rotatable bonds is 3. The maximum atomic E-state index is 13.5. The third-order valence-electron chi connectivity index (χ3n) is 2.90. The molecule has 1 amide bonds. The first-order valence-electron chi connectivity index (χ1n) is 6.03. The molecule has 0 aliphatic heterocycles. The third kappa shape index (κ3) is 3.63. The predicted molar refractivity (Wildman–Crippen MR) is 87.5 cm³/mol. The maximum Gasteiger partial charge on any atom is 0.255 e. The van der Waals surface area contributed by atoms with E-state index in [1.54, 1.807) is 12.1 Å². The second-order valence-corrected chi connectivity index (χ2v) is 6.15. The number of nitrogens with one attached hydrogen (secondary N) is 1. The highest BCUT2D eigenvalue weighted by molar-refractivity contribution is 9.10. The van der Waals surface area contributed by atoms with Crippen molar-refractivity contribution in [3.63, 3.8) is 0 Å². The van der Waals surface area contributed by atoms with Crippen LogP contribution in [0.4, 0.5) is 10.1 Å². The van der Waals surface area contributed by atoms with E-state index in [1.165, 1.54) is 19.2 Å². The molecule has 2 rings (SSSR count). The van der Waals surface area contributed by atoms with Gasteiger partial charge in [-0.2, -0.15) is 0 Å². The van der Waals surface area contributed by atoms with Crippen molar-refractivity contribution in [2.45, 2.75) is 6.92 Å². The lowest BCUT2D eigenvalue weighted by molar-refractivity contribution is 0.102. The van der Waals surface area contributed by atoms with Gasteiger partial charge < -0.3 is 10.1 Å². The molecule has 0 saturated heterocycles. The average Bonchev–Trinajstić information content (AvgIpc) is 2.44. The molecule has 0 aromatic heterocycles. The summed E-state index contributed by atoms with van der Waals surface area (Å²) >= 11 is 6.42. The lowest BCUT2D eigenvalue weighted by Gasteiger charge is -2.14. The van der Waals surface area contributed by atoms with Gasteiger partial charge in [0.1, 0.15) is 11.6 Å². The van der Waals surface area contributed by atoms with Crippen LogP contribution in [0.2, 0.25) is 0 Å². The fourth-order valence-corrected chi connectivity index (χ4v) is 2.65. The van der Waals surface area contributed by atoms with Crippen molar-refractivity contribution in [3.05, 3.63) is 56.2 Å². The molecule has 0 aliphatic rings. The molecule has 0 heterocycles. The van der Waals surface area contributed by atoms with Crippen molar-refractivity contribution in [2.75, 3.05) is 12.4 Å². The van der Waals surface area contributed by atoms with Gasteiger partial charge in [0.15, 0.2) is 0 Å². The van der Waals surface area contributed by atoms with Gasteiger partial charge in [0.25, 0.3) is 5.91 Å². The van der Waals surface area contributed by atoms with Gasteiger partial charge in [-0.05, 0) is 58.7 Å². The Labute approximate surface area is 138 Å². The van der Waals surface area contributed by atoms with Crippen LogP contribution in [0.3, 0.4) is 0 Å². The van der Waals surface area contributed by atoms with Crippen LogP contribution < -0.4 is 10.1 Å². The van der Waals surface area contributed by atoms with Crippen molar-refractivity contribution >= 4 is 43.5 Å². The molecule has 0 atom stereocenters. The predicted octanol–water partition coefficient (Wildman–Crippen LogP) is 4.92. The van der Waals surface area contributed by atoms with E-state index in [9.17, 15) is 9.18 Å². The second kappa shape index (κ2) is 6.58. The number of hydrogen-bond acceptors (Lipinski definition) is 2. The zero-order valence-electron chi connectivity index (χ0n) is 11.3. The lowest BCUT2D eigenvalue weighted by Crippen LogP contribution is -2.14. The molecule has 0 saturated carbocycles.